The first kappa shape index (κ1) is 16.5. The predicted molar refractivity (Wildman–Crippen MR) is 77.8 cm³/mol. The monoisotopic (exact) mass is 291 g/mol. The van der Waals surface area contributed by atoms with E-state index in [1.54, 1.807) is 12.1 Å². The van der Waals surface area contributed by atoms with E-state index in [1.807, 2.05) is 6.92 Å². The van der Waals surface area contributed by atoms with Crippen LogP contribution in [0.5, 0.6) is 5.75 Å². The van der Waals surface area contributed by atoms with Crippen LogP contribution in [0.15, 0.2) is 18.2 Å². The lowest BCUT2D eigenvalue weighted by Gasteiger charge is -2.09. The summed E-state index contributed by atoms with van der Waals surface area (Å²) >= 11 is 0. The number of nitro benzene ring substituents is 1. The molecule has 0 unspecified atom stereocenters. The van der Waals surface area contributed by atoms with E-state index in [0.717, 1.165) is 12.1 Å². The summed E-state index contributed by atoms with van der Waals surface area (Å²) in [5.74, 6) is 1.88. The molecule has 21 heavy (non-hydrogen) atoms. The molecule has 1 aromatic carbocycles. The van der Waals surface area contributed by atoms with E-state index < -0.39 is 10.8 Å². The fourth-order valence-corrected chi connectivity index (χ4v) is 1.55. The minimum absolute atomic E-state index is 0.0614. The van der Waals surface area contributed by atoms with Crippen molar-refractivity contribution < 1.29 is 14.5 Å². The van der Waals surface area contributed by atoms with E-state index in [1.165, 1.54) is 6.07 Å². The van der Waals surface area contributed by atoms with E-state index in [0.29, 0.717) is 6.54 Å². The van der Waals surface area contributed by atoms with E-state index in [4.69, 9.17) is 11.2 Å². The van der Waals surface area contributed by atoms with Gasteiger partial charge < -0.3 is 15.4 Å². The lowest BCUT2D eigenvalue weighted by molar-refractivity contribution is -0.385. The molecule has 0 radical (unpaired) electrons. The number of benzene rings is 1. The minimum atomic E-state index is -0.550. The topological polar surface area (TPSA) is 93.5 Å². The molecule has 0 fully saturated rings. The molecular weight excluding hydrogens is 274 g/mol. The molecule has 0 aliphatic heterocycles. The molecule has 112 valence electrons. The highest BCUT2D eigenvalue weighted by Crippen LogP contribution is 2.27. The summed E-state index contributed by atoms with van der Waals surface area (Å²) in [6.45, 7) is 3.06. The van der Waals surface area contributed by atoms with Crippen LogP contribution < -0.4 is 15.4 Å². The summed E-state index contributed by atoms with van der Waals surface area (Å²) in [6.07, 6.45) is 5.01. The molecule has 1 rings (SSSR count). The summed E-state index contributed by atoms with van der Waals surface area (Å²) in [5, 5.41) is 16.5. The number of ether oxygens (including phenoxy) is 1. The van der Waals surface area contributed by atoms with Crippen molar-refractivity contribution in [3.63, 3.8) is 0 Å². The normalized spacial score (nSPS) is 9.71. The van der Waals surface area contributed by atoms with Crippen molar-refractivity contribution in [2.24, 2.45) is 0 Å². The highest BCUT2D eigenvalue weighted by molar-refractivity contribution is 5.77. The summed E-state index contributed by atoms with van der Waals surface area (Å²) in [7, 11) is 0. The zero-order chi connectivity index (χ0) is 15.7. The van der Waals surface area contributed by atoms with Gasteiger partial charge in [0, 0.05) is 12.6 Å². The Balaban J connectivity index is 2.78. The van der Waals surface area contributed by atoms with Gasteiger partial charge in [-0.1, -0.05) is 18.9 Å². The molecular formula is C14H17N3O4. The maximum Gasteiger partial charge on any atom is 0.310 e. The van der Waals surface area contributed by atoms with Crippen molar-refractivity contribution in [1.82, 2.24) is 10.6 Å². The van der Waals surface area contributed by atoms with Gasteiger partial charge in [-0.3, -0.25) is 14.9 Å². The van der Waals surface area contributed by atoms with Crippen LogP contribution in [-0.4, -0.2) is 30.5 Å². The number of terminal acetylenes is 1. The van der Waals surface area contributed by atoms with Crippen LogP contribution in [0.3, 0.4) is 0 Å². The maximum atomic E-state index is 11.4. The number of rotatable bonds is 8. The Morgan fingerprint density at radius 2 is 2.29 bits per heavy atom. The van der Waals surface area contributed by atoms with Crippen molar-refractivity contribution in [2.45, 2.75) is 13.5 Å². The van der Waals surface area contributed by atoms with Crippen molar-refractivity contribution in [1.29, 1.82) is 0 Å². The zero-order valence-corrected chi connectivity index (χ0v) is 11.7. The largest absolute Gasteiger partial charge is 0.477 e. The molecule has 2 N–H and O–H groups in total. The SMILES string of the molecule is C#CCNC(=O)COc1cc(CNCC)ccc1[N+](=O)[O-]. The maximum absolute atomic E-state index is 11.4. The first-order valence-corrected chi connectivity index (χ1v) is 6.39. The zero-order valence-electron chi connectivity index (χ0n) is 11.7. The number of hydrogen-bond acceptors (Lipinski definition) is 5. The number of amides is 1. The number of nitrogens with one attached hydrogen (secondary N) is 2. The van der Waals surface area contributed by atoms with Crippen LogP contribution in [0.4, 0.5) is 5.69 Å². The first-order chi connectivity index (χ1) is 10.1. The number of carbonyl (C=O) groups excluding carboxylic acids is 1. The Kier molecular flexibility index (Phi) is 6.71. The molecule has 0 bridgehead atoms. The van der Waals surface area contributed by atoms with Crippen LogP contribution in [0.2, 0.25) is 0 Å². The Morgan fingerprint density at radius 1 is 1.52 bits per heavy atom. The number of nitro groups is 1. The van der Waals surface area contributed by atoms with E-state index in [2.05, 4.69) is 16.6 Å². The summed E-state index contributed by atoms with van der Waals surface area (Å²) in [6, 6.07) is 4.56. The van der Waals surface area contributed by atoms with Crippen molar-refractivity contribution >= 4 is 11.6 Å². The highest BCUT2D eigenvalue weighted by Gasteiger charge is 2.16. The fraction of sp³-hybridized carbons (Fsp3) is 0.357. The van der Waals surface area contributed by atoms with E-state index >= 15 is 0 Å². The number of nitrogens with zero attached hydrogens (tertiary/aromatic N) is 1. The lowest BCUT2D eigenvalue weighted by atomic mass is 10.2. The summed E-state index contributed by atoms with van der Waals surface area (Å²) in [4.78, 5) is 21.8. The van der Waals surface area contributed by atoms with Gasteiger partial charge in [0.15, 0.2) is 12.4 Å². The fourth-order valence-electron chi connectivity index (χ4n) is 1.55. The number of hydrogen-bond donors (Lipinski definition) is 2. The van der Waals surface area contributed by atoms with Gasteiger partial charge in [-0.15, -0.1) is 6.42 Å². The van der Waals surface area contributed by atoms with Crippen LogP contribution in [0.25, 0.3) is 0 Å². The van der Waals surface area contributed by atoms with Gasteiger partial charge in [0.1, 0.15) is 0 Å². The van der Waals surface area contributed by atoms with Gasteiger partial charge in [-0.05, 0) is 18.2 Å². The van der Waals surface area contributed by atoms with E-state index in [-0.39, 0.29) is 24.6 Å². The van der Waals surface area contributed by atoms with Crippen LogP contribution in [0, 0.1) is 22.5 Å². The third-order valence-electron chi connectivity index (χ3n) is 2.55. The Hall–Kier alpha value is -2.59. The van der Waals surface area contributed by atoms with Gasteiger partial charge >= 0.3 is 5.69 Å². The highest BCUT2D eigenvalue weighted by atomic mass is 16.6. The predicted octanol–water partition coefficient (Wildman–Crippen LogP) is 0.832. The second kappa shape index (κ2) is 8.55. The van der Waals surface area contributed by atoms with Gasteiger partial charge in [0.25, 0.3) is 5.91 Å². The molecule has 0 aromatic heterocycles. The van der Waals surface area contributed by atoms with Gasteiger partial charge in [-0.25, -0.2) is 0 Å². The van der Waals surface area contributed by atoms with E-state index in [9.17, 15) is 14.9 Å². The third-order valence-corrected chi connectivity index (χ3v) is 2.55. The van der Waals surface area contributed by atoms with Gasteiger partial charge in [-0.2, -0.15) is 0 Å². The standard InChI is InChI=1S/C14H17N3O4/c1-3-7-16-14(18)10-21-13-8-11(9-15-4-2)5-6-12(13)17(19)20/h1,5-6,8,15H,4,7,9-10H2,2H3,(H,16,18). The van der Waals surface area contributed by atoms with Crippen LogP contribution in [0.1, 0.15) is 12.5 Å². The molecule has 0 aliphatic rings. The van der Waals surface area contributed by atoms with Gasteiger partial charge in [0.05, 0.1) is 11.5 Å². The van der Waals surface area contributed by atoms with Crippen molar-refractivity contribution in [3.05, 3.63) is 33.9 Å². The average molecular weight is 291 g/mol. The molecule has 7 heteroatoms. The molecule has 0 saturated heterocycles. The average Bonchev–Trinajstić information content (AvgIpc) is 2.48. The molecule has 0 atom stereocenters. The van der Waals surface area contributed by atoms with Crippen LogP contribution in [-0.2, 0) is 11.3 Å². The lowest BCUT2D eigenvalue weighted by Crippen LogP contribution is -2.29. The quantitative estimate of drug-likeness (QED) is 0.420. The molecule has 1 amide bonds. The van der Waals surface area contributed by atoms with Crippen molar-refractivity contribution in [3.8, 4) is 18.1 Å². The summed E-state index contributed by atoms with van der Waals surface area (Å²) in [5.41, 5.74) is 0.654. The second-order valence-corrected chi connectivity index (χ2v) is 4.11. The van der Waals surface area contributed by atoms with Gasteiger partial charge in [0.2, 0.25) is 0 Å². The molecule has 0 heterocycles. The second-order valence-electron chi connectivity index (χ2n) is 4.11. The molecule has 0 spiro atoms. The molecule has 7 nitrogen and oxygen atoms in total. The van der Waals surface area contributed by atoms with Crippen molar-refractivity contribution in [2.75, 3.05) is 19.7 Å². The summed E-state index contributed by atoms with van der Waals surface area (Å²) < 4.78 is 5.23. The first-order valence-electron chi connectivity index (χ1n) is 6.39. The Labute approximate surface area is 122 Å². The number of carbonyl (C=O) groups is 1. The minimum Gasteiger partial charge on any atom is -0.477 e. The Bertz CT molecular complexity index is 552. The molecule has 0 aliphatic carbocycles. The smallest absolute Gasteiger partial charge is 0.310 e. The molecule has 0 saturated carbocycles. The Morgan fingerprint density at radius 3 is 2.90 bits per heavy atom. The molecule has 1 aromatic rings. The third kappa shape index (κ3) is 5.50. The van der Waals surface area contributed by atoms with Crippen LogP contribution >= 0.6 is 0 Å².